The Balaban J connectivity index is 1.80. The van der Waals surface area contributed by atoms with Gasteiger partial charge in [-0.1, -0.05) is 12.1 Å². The first-order valence-corrected chi connectivity index (χ1v) is 10.6. The molecule has 5 aromatic rings. The highest BCUT2D eigenvalue weighted by atomic mass is 32.1. The number of aryl methyl sites for hydroxylation is 1. The number of hydrogen-bond donors (Lipinski definition) is 2. The molecule has 0 aliphatic carbocycles. The molecule has 5 aromatic heterocycles. The number of thiazole rings is 1. The fourth-order valence-corrected chi connectivity index (χ4v) is 4.07. The molecule has 0 aliphatic rings. The maximum absolute atomic E-state index is 13.3. The van der Waals surface area contributed by atoms with Crippen molar-refractivity contribution < 1.29 is 4.79 Å². The third kappa shape index (κ3) is 3.36. The third-order valence-corrected chi connectivity index (χ3v) is 5.78. The van der Waals surface area contributed by atoms with Crippen LogP contribution in [0.4, 0.5) is 5.13 Å². The highest BCUT2D eigenvalue weighted by Crippen LogP contribution is 2.16. The fraction of sp³-hybridized carbons (Fsp3) is 0.0909. The number of pyridine rings is 3. The molecule has 0 aromatic carbocycles. The number of anilines is 1. The predicted molar refractivity (Wildman–Crippen MR) is 121 cm³/mol. The van der Waals surface area contributed by atoms with Gasteiger partial charge in [-0.3, -0.25) is 29.7 Å². The second kappa shape index (κ2) is 7.82. The van der Waals surface area contributed by atoms with Gasteiger partial charge in [0.1, 0.15) is 16.8 Å². The van der Waals surface area contributed by atoms with E-state index in [-0.39, 0.29) is 28.5 Å². The largest absolute Gasteiger partial charge is 0.306 e. The van der Waals surface area contributed by atoms with Crippen molar-refractivity contribution in [1.29, 1.82) is 5.41 Å². The van der Waals surface area contributed by atoms with Crippen LogP contribution in [0, 0.1) is 12.3 Å². The van der Waals surface area contributed by atoms with Crippen molar-refractivity contribution in [2.24, 2.45) is 0 Å². The lowest BCUT2D eigenvalue weighted by Crippen LogP contribution is -2.32. The van der Waals surface area contributed by atoms with Crippen LogP contribution in [0.5, 0.6) is 0 Å². The molecule has 10 heteroatoms. The number of amides is 1. The molecule has 158 valence electrons. The molecule has 0 saturated heterocycles. The zero-order valence-electron chi connectivity index (χ0n) is 16.9. The zero-order valence-corrected chi connectivity index (χ0v) is 17.8. The number of carbonyl (C=O) groups is 1. The molecule has 0 bridgehead atoms. The van der Waals surface area contributed by atoms with Crippen LogP contribution in [0.3, 0.4) is 0 Å². The van der Waals surface area contributed by atoms with Gasteiger partial charge in [0, 0.05) is 30.2 Å². The molecule has 2 N–H and O–H groups in total. The van der Waals surface area contributed by atoms with Crippen LogP contribution in [-0.4, -0.2) is 29.8 Å². The lowest BCUT2D eigenvalue weighted by atomic mass is 10.1. The van der Waals surface area contributed by atoms with Gasteiger partial charge in [0.2, 0.25) is 0 Å². The van der Waals surface area contributed by atoms with Gasteiger partial charge < -0.3 is 4.57 Å². The van der Waals surface area contributed by atoms with Gasteiger partial charge >= 0.3 is 0 Å². The molecule has 0 aliphatic heterocycles. The third-order valence-electron chi connectivity index (χ3n) is 5.09. The quantitative estimate of drug-likeness (QED) is 0.414. The summed E-state index contributed by atoms with van der Waals surface area (Å²) < 4.78 is 3.02. The van der Waals surface area contributed by atoms with Crippen LogP contribution in [0.25, 0.3) is 16.7 Å². The average Bonchev–Trinajstić information content (AvgIpc) is 3.30. The number of aromatic nitrogens is 5. The Morgan fingerprint density at radius 3 is 2.84 bits per heavy atom. The summed E-state index contributed by atoms with van der Waals surface area (Å²) in [6, 6.07) is 8.74. The van der Waals surface area contributed by atoms with E-state index < -0.39 is 5.91 Å². The minimum absolute atomic E-state index is 0.0553. The number of fused-ring (bicyclic) bond motifs is 2. The summed E-state index contributed by atoms with van der Waals surface area (Å²) in [4.78, 5) is 39.2. The Kier molecular flexibility index (Phi) is 4.83. The molecule has 5 rings (SSSR count). The van der Waals surface area contributed by atoms with E-state index in [1.165, 1.54) is 21.8 Å². The zero-order chi connectivity index (χ0) is 22.2. The molecule has 0 unspecified atom stereocenters. The van der Waals surface area contributed by atoms with E-state index in [1.54, 1.807) is 46.9 Å². The van der Waals surface area contributed by atoms with E-state index in [4.69, 9.17) is 10.4 Å². The first-order chi connectivity index (χ1) is 15.5. The predicted octanol–water partition coefficient (Wildman–Crippen LogP) is 2.59. The summed E-state index contributed by atoms with van der Waals surface area (Å²) >= 11 is 1.27. The van der Waals surface area contributed by atoms with E-state index >= 15 is 0 Å². The minimum Gasteiger partial charge on any atom is -0.306 e. The van der Waals surface area contributed by atoms with Crippen LogP contribution in [0.2, 0.25) is 0 Å². The lowest BCUT2D eigenvalue weighted by Gasteiger charge is -2.15. The maximum atomic E-state index is 13.3. The molecule has 0 spiro atoms. The summed E-state index contributed by atoms with van der Waals surface area (Å²) in [6.07, 6.45) is 6.56. The summed E-state index contributed by atoms with van der Waals surface area (Å²) in [6.45, 7) is 2.10. The van der Waals surface area contributed by atoms with Crippen LogP contribution in [0.15, 0.2) is 65.3 Å². The van der Waals surface area contributed by atoms with Crippen molar-refractivity contribution in [3.8, 4) is 0 Å². The fourth-order valence-electron chi connectivity index (χ4n) is 3.55. The van der Waals surface area contributed by atoms with E-state index in [1.807, 2.05) is 19.1 Å². The monoisotopic (exact) mass is 443 g/mol. The topological polar surface area (TPSA) is 118 Å². The van der Waals surface area contributed by atoms with Crippen LogP contribution >= 0.6 is 11.3 Å². The standard InChI is InChI=1S/C22H17N7O2S/c1-13-4-3-8-28-18(13)26-19-16(21(28)31)10-15(20(30)27-22-25-7-9-32-22)17(23)29(19)12-14-5-2-6-24-11-14/h2-11,23H,12H2,1H3,(H,25,27,30). The second-order valence-corrected chi connectivity index (χ2v) is 8.08. The van der Waals surface area contributed by atoms with Crippen LogP contribution in [0.1, 0.15) is 21.5 Å². The minimum atomic E-state index is -0.513. The Morgan fingerprint density at radius 1 is 1.22 bits per heavy atom. The SMILES string of the molecule is Cc1cccn2c(=O)c3cc(C(=O)Nc4nccs4)c(=N)n(Cc4cccnc4)c3nc12. The summed E-state index contributed by atoms with van der Waals surface area (Å²) in [7, 11) is 0. The van der Waals surface area contributed by atoms with Gasteiger partial charge in [-0.15, -0.1) is 11.3 Å². The summed E-state index contributed by atoms with van der Waals surface area (Å²) in [5.41, 5.74) is 2.18. The van der Waals surface area contributed by atoms with Crippen molar-refractivity contribution in [2.75, 3.05) is 5.32 Å². The van der Waals surface area contributed by atoms with Gasteiger partial charge in [0.25, 0.3) is 11.5 Å². The summed E-state index contributed by atoms with van der Waals surface area (Å²) in [5.74, 6) is -0.513. The molecular weight excluding hydrogens is 426 g/mol. The van der Waals surface area contributed by atoms with E-state index in [2.05, 4.69) is 15.3 Å². The van der Waals surface area contributed by atoms with Crippen molar-refractivity contribution in [3.05, 3.63) is 93.0 Å². The number of carbonyl (C=O) groups excluding carboxylic acids is 1. The highest BCUT2D eigenvalue weighted by Gasteiger charge is 2.19. The van der Waals surface area contributed by atoms with E-state index in [0.717, 1.165) is 11.1 Å². The van der Waals surface area contributed by atoms with Crippen molar-refractivity contribution in [1.82, 2.24) is 23.9 Å². The first-order valence-electron chi connectivity index (χ1n) is 9.73. The molecule has 0 saturated carbocycles. The molecule has 0 atom stereocenters. The smallest absolute Gasteiger partial charge is 0.267 e. The molecule has 9 nitrogen and oxygen atoms in total. The Morgan fingerprint density at radius 2 is 2.09 bits per heavy atom. The number of nitrogens with zero attached hydrogens (tertiary/aromatic N) is 5. The van der Waals surface area contributed by atoms with E-state index in [9.17, 15) is 9.59 Å². The molecule has 32 heavy (non-hydrogen) atoms. The molecule has 5 heterocycles. The first kappa shape index (κ1) is 19.8. The van der Waals surface area contributed by atoms with Crippen molar-refractivity contribution in [3.63, 3.8) is 0 Å². The van der Waals surface area contributed by atoms with E-state index in [0.29, 0.717) is 16.4 Å². The Labute approximate surface area is 185 Å². The average molecular weight is 443 g/mol. The lowest BCUT2D eigenvalue weighted by molar-refractivity contribution is 0.102. The van der Waals surface area contributed by atoms with Crippen molar-refractivity contribution >= 4 is 39.1 Å². The number of nitrogens with one attached hydrogen (secondary N) is 2. The van der Waals surface area contributed by atoms with Gasteiger partial charge in [-0.25, -0.2) is 9.97 Å². The maximum Gasteiger partial charge on any atom is 0.267 e. The number of hydrogen-bond acceptors (Lipinski definition) is 7. The Bertz CT molecular complexity index is 1590. The highest BCUT2D eigenvalue weighted by molar-refractivity contribution is 7.13. The van der Waals surface area contributed by atoms with Crippen molar-refractivity contribution in [2.45, 2.75) is 13.5 Å². The van der Waals surface area contributed by atoms with Crippen LogP contribution < -0.4 is 16.4 Å². The van der Waals surface area contributed by atoms with Gasteiger partial charge in [0.05, 0.1) is 17.5 Å². The molecule has 0 fully saturated rings. The number of rotatable bonds is 4. The molecule has 0 radical (unpaired) electrons. The molecule has 1 amide bonds. The van der Waals surface area contributed by atoms with Crippen LogP contribution in [-0.2, 0) is 6.54 Å². The van der Waals surface area contributed by atoms with Gasteiger partial charge in [-0.05, 0) is 36.2 Å². The second-order valence-electron chi connectivity index (χ2n) is 7.18. The summed E-state index contributed by atoms with van der Waals surface area (Å²) in [5, 5.41) is 13.9. The Hall–Kier alpha value is -4.18. The molecular formula is C22H17N7O2S. The van der Waals surface area contributed by atoms with Gasteiger partial charge in [-0.2, -0.15) is 0 Å². The van der Waals surface area contributed by atoms with Gasteiger partial charge in [0.15, 0.2) is 5.13 Å². The normalized spacial score (nSPS) is 11.2.